The van der Waals surface area contributed by atoms with Crippen molar-refractivity contribution < 1.29 is 0 Å². The summed E-state index contributed by atoms with van der Waals surface area (Å²) < 4.78 is 2.05. The standard InChI is InChI=1S/C15H15ClN4/c1-10-4-2-3-5-12(10)14-19-13-8-11(16)9-18-15(13)20(14)7-6-17/h2-5,8-9H,6-7,17H2,1H3. The van der Waals surface area contributed by atoms with Crippen LogP contribution in [0.1, 0.15) is 5.56 Å². The smallest absolute Gasteiger partial charge is 0.160 e. The van der Waals surface area contributed by atoms with Gasteiger partial charge in [0, 0.05) is 24.8 Å². The van der Waals surface area contributed by atoms with E-state index in [0.29, 0.717) is 18.1 Å². The number of benzene rings is 1. The van der Waals surface area contributed by atoms with E-state index in [1.807, 2.05) is 22.8 Å². The van der Waals surface area contributed by atoms with Gasteiger partial charge >= 0.3 is 0 Å². The number of aryl methyl sites for hydroxylation is 1. The highest BCUT2D eigenvalue weighted by molar-refractivity contribution is 6.31. The second-order valence-electron chi connectivity index (χ2n) is 4.69. The molecule has 0 fully saturated rings. The van der Waals surface area contributed by atoms with Crippen LogP contribution in [0.5, 0.6) is 0 Å². The van der Waals surface area contributed by atoms with E-state index in [4.69, 9.17) is 17.3 Å². The van der Waals surface area contributed by atoms with Crippen LogP contribution in [0.25, 0.3) is 22.6 Å². The summed E-state index contributed by atoms with van der Waals surface area (Å²) in [6.07, 6.45) is 1.64. The first-order chi connectivity index (χ1) is 9.70. The third-order valence-corrected chi connectivity index (χ3v) is 3.50. The Morgan fingerprint density at radius 3 is 2.85 bits per heavy atom. The Morgan fingerprint density at radius 2 is 2.10 bits per heavy atom. The summed E-state index contributed by atoms with van der Waals surface area (Å²) in [5.41, 5.74) is 9.60. The number of nitrogens with two attached hydrogens (primary N) is 1. The lowest BCUT2D eigenvalue weighted by Crippen LogP contribution is -2.11. The molecule has 5 heteroatoms. The number of rotatable bonds is 3. The zero-order chi connectivity index (χ0) is 14.1. The number of pyridine rings is 1. The predicted molar refractivity (Wildman–Crippen MR) is 81.8 cm³/mol. The highest BCUT2D eigenvalue weighted by atomic mass is 35.5. The fourth-order valence-corrected chi connectivity index (χ4v) is 2.51. The van der Waals surface area contributed by atoms with Crippen molar-refractivity contribution in [2.75, 3.05) is 6.54 Å². The summed E-state index contributed by atoms with van der Waals surface area (Å²) in [5.74, 6) is 0.887. The summed E-state index contributed by atoms with van der Waals surface area (Å²) >= 11 is 6.00. The molecule has 0 bridgehead atoms. The number of nitrogens with zero attached hydrogens (tertiary/aromatic N) is 3. The summed E-state index contributed by atoms with van der Waals surface area (Å²) in [6, 6.07) is 9.99. The van der Waals surface area contributed by atoms with E-state index >= 15 is 0 Å². The normalized spacial score (nSPS) is 11.2. The van der Waals surface area contributed by atoms with Crippen molar-refractivity contribution in [2.24, 2.45) is 5.73 Å². The van der Waals surface area contributed by atoms with Crippen molar-refractivity contribution in [3.8, 4) is 11.4 Å². The molecule has 0 aliphatic rings. The Hall–Kier alpha value is -1.91. The molecule has 3 aromatic rings. The fourth-order valence-electron chi connectivity index (χ4n) is 2.36. The van der Waals surface area contributed by atoms with Gasteiger partial charge in [0.1, 0.15) is 11.3 Å². The van der Waals surface area contributed by atoms with Crippen LogP contribution in [0.15, 0.2) is 36.5 Å². The Bertz CT molecular complexity index is 764. The molecule has 4 nitrogen and oxygen atoms in total. The molecule has 102 valence electrons. The van der Waals surface area contributed by atoms with Crippen molar-refractivity contribution in [1.82, 2.24) is 14.5 Å². The zero-order valence-electron chi connectivity index (χ0n) is 11.2. The van der Waals surface area contributed by atoms with Gasteiger partial charge in [-0.3, -0.25) is 0 Å². The minimum Gasteiger partial charge on any atom is -0.329 e. The molecule has 0 aliphatic heterocycles. The third-order valence-electron chi connectivity index (χ3n) is 3.29. The van der Waals surface area contributed by atoms with E-state index in [1.165, 1.54) is 5.56 Å². The van der Waals surface area contributed by atoms with Crippen molar-refractivity contribution >= 4 is 22.8 Å². The predicted octanol–water partition coefficient (Wildman–Crippen LogP) is 3.02. The molecule has 20 heavy (non-hydrogen) atoms. The largest absolute Gasteiger partial charge is 0.329 e. The molecule has 2 heterocycles. The second kappa shape index (κ2) is 5.23. The molecule has 1 aromatic carbocycles. The molecule has 0 saturated carbocycles. The Kier molecular flexibility index (Phi) is 3.42. The summed E-state index contributed by atoms with van der Waals surface area (Å²) in [7, 11) is 0. The Labute approximate surface area is 122 Å². The van der Waals surface area contributed by atoms with Crippen molar-refractivity contribution in [1.29, 1.82) is 0 Å². The van der Waals surface area contributed by atoms with Crippen LogP contribution in [0.3, 0.4) is 0 Å². The number of hydrogen-bond acceptors (Lipinski definition) is 3. The monoisotopic (exact) mass is 286 g/mol. The van der Waals surface area contributed by atoms with Gasteiger partial charge in [-0.2, -0.15) is 0 Å². The number of hydrogen-bond donors (Lipinski definition) is 1. The van der Waals surface area contributed by atoms with Gasteiger partial charge in [0.15, 0.2) is 5.65 Å². The van der Waals surface area contributed by atoms with Crippen molar-refractivity contribution in [3.63, 3.8) is 0 Å². The Balaban J connectivity index is 2.29. The topological polar surface area (TPSA) is 56.7 Å². The van der Waals surface area contributed by atoms with E-state index in [1.54, 1.807) is 6.20 Å². The first-order valence-electron chi connectivity index (χ1n) is 6.48. The first-order valence-corrected chi connectivity index (χ1v) is 6.86. The number of fused-ring (bicyclic) bond motifs is 1. The molecule has 0 amide bonds. The molecular weight excluding hydrogens is 272 g/mol. The highest BCUT2D eigenvalue weighted by Crippen LogP contribution is 2.27. The van der Waals surface area contributed by atoms with Crippen LogP contribution in [-0.2, 0) is 6.54 Å². The molecule has 0 saturated heterocycles. The van der Waals surface area contributed by atoms with Gasteiger partial charge in [0.25, 0.3) is 0 Å². The van der Waals surface area contributed by atoms with Crippen molar-refractivity contribution in [3.05, 3.63) is 47.1 Å². The molecule has 0 atom stereocenters. The lowest BCUT2D eigenvalue weighted by atomic mass is 10.1. The van der Waals surface area contributed by atoms with Gasteiger partial charge < -0.3 is 10.3 Å². The van der Waals surface area contributed by atoms with E-state index in [9.17, 15) is 0 Å². The maximum Gasteiger partial charge on any atom is 0.160 e. The van der Waals surface area contributed by atoms with Gasteiger partial charge in [-0.25, -0.2) is 9.97 Å². The van der Waals surface area contributed by atoms with Crippen LogP contribution < -0.4 is 5.73 Å². The van der Waals surface area contributed by atoms with Crippen LogP contribution in [0, 0.1) is 6.92 Å². The van der Waals surface area contributed by atoms with E-state index in [2.05, 4.69) is 29.0 Å². The average molecular weight is 287 g/mol. The van der Waals surface area contributed by atoms with Crippen molar-refractivity contribution in [2.45, 2.75) is 13.5 Å². The molecule has 0 unspecified atom stereocenters. The van der Waals surface area contributed by atoms with Crippen LogP contribution in [0.2, 0.25) is 5.02 Å². The molecule has 2 aromatic heterocycles. The molecule has 3 rings (SSSR count). The second-order valence-corrected chi connectivity index (χ2v) is 5.12. The SMILES string of the molecule is Cc1ccccc1-c1nc2cc(Cl)cnc2n1CCN. The van der Waals surface area contributed by atoms with Gasteiger partial charge in [0.05, 0.1) is 5.02 Å². The molecule has 2 N–H and O–H groups in total. The number of imidazole rings is 1. The average Bonchev–Trinajstić information content (AvgIpc) is 2.77. The van der Waals surface area contributed by atoms with E-state index < -0.39 is 0 Å². The summed E-state index contributed by atoms with van der Waals surface area (Å²) in [6.45, 7) is 3.28. The first kappa shape index (κ1) is 13.1. The van der Waals surface area contributed by atoms with Gasteiger partial charge in [0.2, 0.25) is 0 Å². The lowest BCUT2D eigenvalue weighted by Gasteiger charge is -2.09. The number of halogens is 1. The maximum absolute atomic E-state index is 6.00. The maximum atomic E-state index is 6.00. The van der Waals surface area contributed by atoms with Crippen LogP contribution in [0.4, 0.5) is 0 Å². The van der Waals surface area contributed by atoms with Gasteiger partial charge in [-0.1, -0.05) is 35.9 Å². The minimum atomic E-state index is 0.536. The van der Waals surface area contributed by atoms with E-state index in [0.717, 1.165) is 22.6 Å². The van der Waals surface area contributed by atoms with Crippen LogP contribution in [-0.4, -0.2) is 21.1 Å². The minimum absolute atomic E-state index is 0.536. The molecular formula is C15H15ClN4. The zero-order valence-corrected chi connectivity index (χ0v) is 11.9. The van der Waals surface area contributed by atoms with Crippen LogP contribution >= 0.6 is 11.6 Å². The van der Waals surface area contributed by atoms with Gasteiger partial charge in [-0.05, 0) is 18.6 Å². The molecule has 0 spiro atoms. The number of aromatic nitrogens is 3. The Morgan fingerprint density at radius 1 is 1.30 bits per heavy atom. The quantitative estimate of drug-likeness (QED) is 0.805. The molecule has 0 aliphatic carbocycles. The molecule has 0 radical (unpaired) electrons. The fraction of sp³-hybridized carbons (Fsp3) is 0.200. The highest BCUT2D eigenvalue weighted by Gasteiger charge is 2.14. The lowest BCUT2D eigenvalue weighted by molar-refractivity contribution is 0.729. The summed E-state index contributed by atoms with van der Waals surface area (Å²) in [4.78, 5) is 9.07. The summed E-state index contributed by atoms with van der Waals surface area (Å²) in [5, 5.41) is 0.589. The van der Waals surface area contributed by atoms with E-state index in [-0.39, 0.29) is 0 Å². The third kappa shape index (κ3) is 2.17. The van der Waals surface area contributed by atoms with Gasteiger partial charge in [-0.15, -0.1) is 0 Å².